The summed E-state index contributed by atoms with van der Waals surface area (Å²) in [7, 11) is 4.50. The van der Waals surface area contributed by atoms with Gasteiger partial charge in [-0.1, -0.05) is 29.3 Å². The average Bonchev–Trinajstić information content (AvgIpc) is 3.21. The lowest BCUT2D eigenvalue weighted by atomic mass is 10.1. The second-order valence-corrected chi connectivity index (χ2v) is 6.76. The van der Waals surface area contributed by atoms with Gasteiger partial charge >= 0.3 is 0 Å². The van der Waals surface area contributed by atoms with E-state index in [-0.39, 0.29) is 5.78 Å². The van der Waals surface area contributed by atoms with Gasteiger partial charge in [0.1, 0.15) is 0 Å². The summed E-state index contributed by atoms with van der Waals surface area (Å²) in [4.78, 5) is 12.6. The number of nitrogens with zero attached hydrogens (tertiary/aromatic N) is 1. The number of nitrogens with one attached hydrogen (secondary N) is 1. The van der Waals surface area contributed by atoms with Crippen LogP contribution in [0, 0.1) is 0 Å². The minimum Gasteiger partial charge on any atom is -0.493 e. The van der Waals surface area contributed by atoms with Crippen LogP contribution in [0.15, 0.2) is 42.5 Å². The van der Waals surface area contributed by atoms with Crippen LogP contribution in [0.2, 0.25) is 10.0 Å². The highest BCUT2D eigenvalue weighted by atomic mass is 35.5. The Labute approximate surface area is 178 Å². The summed E-state index contributed by atoms with van der Waals surface area (Å²) in [6, 6.07) is 10.3. The second kappa shape index (κ2) is 9.03. The zero-order valence-electron chi connectivity index (χ0n) is 16.0. The van der Waals surface area contributed by atoms with Gasteiger partial charge in [-0.3, -0.25) is 9.89 Å². The molecule has 0 fully saturated rings. The predicted molar refractivity (Wildman–Crippen MR) is 114 cm³/mol. The van der Waals surface area contributed by atoms with Crippen LogP contribution in [0.5, 0.6) is 17.2 Å². The zero-order chi connectivity index (χ0) is 21.0. The summed E-state index contributed by atoms with van der Waals surface area (Å²) >= 11 is 12.0. The summed E-state index contributed by atoms with van der Waals surface area (Å²) in [6.45, 7) is 0. The Balaban J connectivity index is 1.82. The molecule has 0 unspecified atom stereocenters. The number of carbonyl (C=O) groups is 1. The number of aromatic nitrogens is 2. The van der Waals surface area contributed by atoms with Crippen molar-refractivity contribution in [2.75, 3.05) is 21.3 Å². The molecule has 0 radical (unpaired) electrons. The molecule has 150 valence electrons. The van der Waals surface area contributed by atoms with Gasteiger partial charge in [-0.15, -0.1) is 0 Å². The van der Waals surface area contributed by atoms with E-state index in [9.17, 15) is 4.79 Å². The first kappa shape index (κ1) is 20.8. The maximum Gasteiger partial charge on any atom is 0.203 e. The molecular weight excluding hydrogens is 415 g/mol. The third-order valence-electron chi connectivity index (χ3n) is 4.18. The molecule has 1 heterocycles. The van der Waals surface area contributed by atoms with E-state index >= 15 is 0 Å². The van der Waals surface area contributed by atoms with E-state index in [4.69, 9.17) is 37.4 Å². The van der Waals surface area contributed by atoms with Crippen molar-refractivity contribution in [1.29, 1.82) is 0 Å². The number of benzene rings is 2. The molecule has 3 rings (SSSR count). The Morgan fingerprint density at radius 1 is 0.966 bits per heavy atom. The number of hydrogen-bond donors (Lipinski definition) is 1. The van der Waals surface area contributed by atoms with Gasteiger partial charge < -0.3 is 14.2 Å². The topological polar surface area (TPSA) is 73.4 Å². The lowest BCUT2D eigenvalue weighted by Crippen LogP contribution is -2.00. The first-order valence-corrected chi connectivity index (χ1v) is 9.25. The van der Waals surface area contributed by atoms with E-state index in [2.05, 4.69) is 10.2 Å². The van der Waals surface area contributed by atoms with Gasteiger partial charge in [0.25, 0.3) is 0 Å². The largest absolute Gasteiger partial charge is 0.493 e. The van der Waals surface area contributed by atoms with Crippen LogP contribution in [0.4, 0.5) is 0 Å². The summed E-state index contributed by atoms with van der Waals surface area (Å²) in [5, 5.41) is 8.03. The van der Waals surface area contributed by atoms with Gasteiger partial charge in [0, 0.05) is 11.1 Å². The zero-order valence-corrected chi connectivity index (χ0v) is 17.5. The molecule has 3 aromatic rings. The first-order chi connectivity index (χ1) is 14.0. The molecule has 0 aliphatic heterocycles. The normalized spacial score (nSPS) is 10.9. The number of allylic oxidation sites excluding steroid dienone is 1. The van der Waals surface area contributed by atoms with Crippen LogP contribution in [0.1, 0.15) is 16.1 Å². The van der Waals surface area contributed by atoms with E-state index in [1.807, 2.05) is 6.07 Å². The standard InChI is InChI=1S/C21H18Cl2N2O4/c1-27-19-9-13(10-20(28-2)21(19)29-3)18(26)7-5-14-11-17(25-24-14)12-4-6-15(22)16(23)8-12/h4-11H,1-3H3,(H,24,25)/b7-5+. The molecule has 6 nitrogen and oxygen atoms in total. The average molecular weight is 433 g/mol. The number of aromatic amines is 1. The molecule has 8 heteroatoms. The van der Waals surface area contributed by atoms with Gasteiger partial charge in [-0.2, -0.15) is 5.10 Å². The predicted octanol–water partition coefficient (Wildman–Crippen LogP) is 5.31. The maximum atomic E-state index is 12.6. The highest BCUT2D eigenvalue weighted by Crippen LogP contribution is 2.38. The van der Waals surface area contributed by atoms with Crippen molar-refractivity contribution in [2.24, 2.45) is 0 Å². The van der Waals surface area contributed by atoms with E-state index in [0.29, 0.717) is 44.2 Å². The first-order valence-electron chi connectivity index (χ1n) is 8.50. The fourth-order valence-corrected chi connectivity index (χ4v) is 3.01. The van der Waals surface area contributed by atoms with Crippen LogP contribution in [0.3, 0.4) is 0 Å². The Hall–Kier alpha value is -2.96. The molecule has 0 saturated heterocycles. The Morgan fingerprint density at radius 2 is 1.66 bits per heavy atom. The number of ketones is 1. The lowest BCUT2D eigenvalue weighted by Gasteiger charge is -2.13. The molecule has 0 saturated carbocycles. The van der Waals surface area contributed by atoms with Gasteiger partial charge in [-0.25, -0.2) is 0 Å². The minimum atomic E-state index is -0.227. The third kappa shape index (κ3) is 4.55. The van der Waals surface area contributed by atoms with E-state index < -0.39 is 0 Å². The highest BCUT2D eigenvalue weighted by Gasteiger charge is 2.16. The lowest BCUT2D eigenvalue weighted by molar-refractivity contribution is 0.104. The Kier molecular flexibility index (Phi) is 6.46. The monoisotopic (exact) mass is 432 g/mol. The number of halogens is 2. The van der Waals surface area contributed by atoms with Crippen LogP contribution < -0.4 is 14.2 Å². The SMILES string of the molecule is COc1cc(C(=O)/C=C/c2cc(-c3ccc(Cl)c(Cl)c3)n[nH]2)cc(OC)c1OC. The van der Waals surface area contributed by atoms with Crippen molar-refractivity contribution in [3.63, 3.8) is 0 Å². The number of methoxy groups -OCH3 is 3. The van der Waals surface area contributed by atoms with Crippen LogP contribution in [-0.2, 0) is 0 Å². The molecule has 0 atom stereocenters. The second-order valence-electron chi connectivity index (χ2n) is 5.95. The molecule has 2 aromatic carbocycles. The van der Waals surface area contributed by atoms with Crippen LogP contribution in [0.25, 0.3) is 17.3 Å². The molecule has 0 bridgehead atoms. The maximum absolute atomic E-state index is 12.6. The Morgan fingerprint density at radius 3 is 2.24 bits per heavy atom. The van der Waals surface area contributed by atoms with E-state index in [0.717, 1.165) is 5.56 Å². The van der Waals surface area contributed by atoms with Gasteiger partial charge in [-0.05, 0) is 42.5 Å². The minimum absolute atomic E-state index is 0.227. The van der Waals surface area contributed by atoms with Crippen molar-refractivity contribution in [3.05, 3.63) is 63.8 Å². The molecule has 1 aromatic heterocycles. The van der Waals surface area contributed by atoms with Crippen molar-refractivity contribution < 1.29 is 19.0 Å². The summed E-state index contributed by atoms with van der Waals surface area (Å²) in [5.74, 6) is 1.02. The highest BCUT2D eigenvalue weighted by molar-refractivity contribution is 6.42. The van der Waals surface area contributed by atoms with Crippen molar-refractivity contribution in [2.45, 2.75) is 0 Å². The molecule has 29 heavy (non-hydrogen) atoms. The number of H-pyrrole nitrogens is 1. The van der Waals surface area contributed by atoms with Gasteiger partial charge in [0.15, 0.2) is 17.3 Å². The fourth-order valence-electron chi connectivity index (χ4n) is 2.71. The van der Waals surface area contributed by atoms with Gasteiger partial charge in [0.2, 0.25) is 5.75 Å². The van der Waals surface area contributed by atoms with Crippen molar-refractivity contribution >= 4 is 35.1 Å². The molecule has 0 aliphatic carbocycles. The Bertz CT molecular complexity index is 1050. The van der Waals surface area contributed by atoms with E-state index in [1.54, 1.807) is 36.4 Å². The van der Waals surface area contributed by atoms with E-state index in [1.165, 1.54) is 27.4 Å². The van der Waals surface area contributed by atoms with Crippen molar-refractivity contribution in [1.82, 2.24) is 10.2 Å². The number of carbonyl (C=O) groups excluding carboxylic acids is 1. The fraction of sp³-hybridized carbons (Fsp3) is 0.143. The number of rotatable bonds is 7. The summed E-state index contributed by atoms with van der Waals surface area (Å²) < 4.78 is 15.8. The van der Waals surface area contributed by atoms with Crippen LogP contribution in [-0.4, -0.2) is 37.3 Å². The smallest absolute Gasteiger partial charge is 0.203 e. The number of hydrogen-bond acceptors (Lipinski definition) is 5. The summed E-state index contributed by atoms with van der Waals surface area (Å²) in [6.07, 6.45) is 3.08. The molecule has 0 aliphatic rings. The molecular formula is C21H18Cl2N2O4. The van der Waals surface area contributed by atoms with Crippen LogP contribution >= 0.6 is 23.2 Å². The molecule has 0 spiro atoms. The molecule has 1 N–H and O–H groups in total. The van der Waals surface area contributed by atoms with Crippen molar-refractivity contribution in [3.8, 4) is 28.5 Å². The number of ether oxygens (including phenoxy) is 3. The van der Waals surface area contributed by atoms with Gasteiger partial charge in [0.05, 0.1) is 42.8 Å². The summed E-state index contributed by atoms with van der Waals surface area (Å²) in [5.41, 5.74) is 2.56. The molecule has 0 amide bonds. The third-order valence-corrected chi connectivity index (χ3v) is 4.92. The quantitative estimate of drug-likeness (QED) is 0.404.